The lowest BCUT2D eigenvalue weighted by Crippen LogP contribution is -2.38. The van der Waals surface area contributed by atoms with Crippen molar-refractivity contribution in [3.63, 3.8) is 0 Å². The summed E-state index contributed by atoms with van der Waals surface area (Å²) in [6, 6.07) is 0. The van der Waals surface area contributed by atoms with Gasteiger partial charge < -0.3 is 18.9 Å². The van der Waals surface area contributed by atoms with Gasteiger partial charge >= 0.3 is 12.3 Å². The summed E-state index contributed by atoms with van der Waals surface area (Å²) in [5.74, 6) is 1.04. The van der Waals surface area contributed by atoms with Crippen LogP contribution in [0.15, 0.2) is 0 Å². The summed E-state index contributed by atoms with van der Waals surface area (Å²) in [5, 5.41) is 0. The molecule has 3 atom stereocenters. The molecule has 0 aliphatic heterocycles. The van der Waals surface area contributed by atoms with Crippen molar-refractivity contribution in [2.45, 2.75) is 123 Å². The van der Waals surface area contributed by atoms with Crippen LogP contribution in [0.4, 0.5) is 9.59 Å². The van der Waals surface area contributed by atoms with Crippen molar-refractivity contribution in [3.05, 3.63) is 0 Å². The molecule has 1 fully saturated rings. The Morgan fingerprint density at radius 3 is 1.97 bits per heavy atom. The van der Waals surface area contributed by atoms with Gasteiger partial charge in [0.25, 0.3) is 0 Å². The van der Waals surface area contributed by atoms with Crippen molar-refractivity contribution < 1.29 is 28.5 Å². The lowest BCUT2D eigenvalue weighted by molar-refractivity contribution is -0.0730. The van der Waals surface area contributed by atoms with E-state index in [2.05, 4.69) is 27.7 Å². The molecule has 0 N–H and O–H groups in total. The molecule has 31 heavy (non-hydrogen) atoms. The van der Waals surface area contributed by atoms with E-state index in [9.17, 15) is 9.59 Å². The van der Waals surface area contributed by atoms with E-state index in [1.807, 2.05) is 0 Å². The van der Waals surface area contributed by atoms with Crippen LogP contribution in [-0.4, -0.2) is 37.7 Å². The molecule has 3 unspecified atom stereocenters. The minimum atomic E-state index is -0.669. The van der Waals surface area contributed by atoms with Crippen molar-refractivity contribution in [3.8, 4) is 0 Å². The average molecular weight is 443 g/mol. The van der Waals surface area contributed by atoms with Crippen molar-refractivity contribution in [1.29, 1.82) is 0 Å². The lowest BCUT2D eigenvalue weighted by Gasteiger charge is -2.30. The maximum absolute atomic E-state index is 12.3. The van der Waals surface area contributed by atoms with Crippen LogP contribution in [0.3, 0.4) is 0 Å². The van der Waals surface area contributed by atoms with E-state index >= 15 is 0 Å². The Morgan fingerprint density at radius 2 is 1.39 bits per heavy atom. The third kappa shape index (κ3) is 13.5. The van der Waals surface area contributed by atoms with E-state index in [4.69, 9.17) is 18.9 Å². The van der Waals surface area contributed by atoms with Gasteiger partial charge in [0.15, 0.2) is 0 Å². The summed E-state index contributed by atoms with van der Waals surface area (Å²) < 4.78 is 21.6. The van der Waals surface area contributed by atoms with E-state index in [1.165, 1.54) is 12.8 Å². The van der Waals surface area contributed by atoms with Crippen LogP contribution in [-0.2, 0) is 18.9 Å². The second kappa shape index (κ2) is 17.1. The molecule has 0 saturated heterocycles. The van der Waals surface area contributed by atoms with Crippen LogP contribution >= 0.6 is 0 Å². The average Bonchev–Trinajstić information content (AvgIpc) is 2.73. The van der Waals surface area contributed by atoms with E-state index in [-0.39, 0.29) is 0 Å². The molecule has 1 aliphatic carbocycles. The van der Waals surface area contributed by atoms with Gasteiger partial charge in [0.1, 0.15) is 12.2 Å². The summed E-state index contributed by atoms with van der Waals surface area (Å²) in [5.41, 5.74) is 0. The zero-order chi connectivity index (χ0) is 22.9. The van der Waals surface area contributed by atoms with E-state index in [0.717, 1.165) is 57.8 Å². The molecular weight excluding hydrogens is 396 g/mol. The number of hydrogen-bond donors (Lipinski definition) is 0. The minimum Gasteiger partial charge on any atom is -0.434 e. The lowest BCUT2D eigenvalue weighted by atomic mass is 9.94. The number of unbranched alkanes of at least 4 members (excludes halogenated alkanes) is 3. The number of rotatable bonds is 15. The smallest absolute Gasteiger partial charge is 0.434 e. The molecule has 0 heterocycles. The highest BCUT2D eigenvalue weighted by molar-refractivity contribution is 5.61. The second-order valence-electron chi connectivity index (χ2n) is 9.30. The third-order valence-corrected chi connectivity index (χ3v) is 5.88. The first-order valence-corrected chi connectivity index (χ1v) is 12.6. The Hall–Kier alpha value is -1.46. The van der Waals surface area contributed by atoms with Crippen LogP contribution in [0.25, 0.3) is 0 Å². The van der Waals surface area contributed by atoms with E-state index in [0.29, 0.717) is 37.9 Å². The topological polar surface area (TPSA) is 71.1 Å². The molecule has 0 spiro atoms. The normalized spacial score (nSPS) is 19.6. The minimum absolute atomic E-state index is 0.364. The highest BCUT2D eigenvalue weighted by Gasteiger charge is 2.32. The van der Waals surface area contributed by atoms with Crippen molar-refractivity contribution in [2.24, 2.45) is 11.8 Å². The summed E-state index contributed by atoms with van der Waals surface area (Å²) in [4.78, 5) is 24.3. The molecule has 0 aromatic rings. The van der Waals surface area contributed by atoms with Gasteiger partial charge in [-0.3, -0.25) is 0 Å². The van der Waals surface area contributed by atoms with Crippen LogP contribution in [0.5, 0.6) is 0 Å². The molecule has 0 aromatic heterocycles. The van der Waals surface area contributed by atoms with Crippen LogP contribution < -0.4 is 0 Å². The SMILES string of the molecule is CCCCCC(CCC)COC(=O)OC1CCCCC1OC(=O)OCCCCC(C)C. The summed E-state index contributed by atoms with van der Waals surface area (Å²) in [7, 11) is 0. The zero-order valence-corrected chi connectivity index (χ0v) is 20.4. The first-order valence-electron chi connectivity index (χ1n) is 12.6. The summed E-state index contributed by atoms with van der Waals surface area (Å²) in [6.07, 6.45) is 10.7. The highest BCUT2D eigenvalue weighted by Crippen LogP contribution is 2.25. The largest absolute Gasteiger partial charge is 0.508 e. The van der Waals surface area contributed by atoms with Crippen LogP contribution in [0.2, 0.25) is 0 Å². The first kappa shape index (κ1) is 27.6. The van der Waals surface area contributed by atoms with Gasteiger partial charge in [-0.25, -0.2) is 9.59 Å². The molecule has 0 radical (unpaired) electrons. The van der Waals surface area contributed by atoms with E-state index < -0.39 is 24.5 Å². The molecule has 0 bridgehead atoms. The number of carbonyl (C=O) groups excluding carboxylic acids is 2. The maximum atomic E-state index is 12.3. The highest BCUT2D eigenvalue weighted by atomic mass is 16.8. The standard InChI is InChI=1S/C25H46O6/c1-5-7-8-15-21(13-6-2)19-29-25(27)31-23-17-10-9-16-22(23)30-24(26)28-18-12-11-14-20(3)4/h20-23H,5-19H2,1-4H3. The fourth-order valence-corrected chi connectivity index (χ4v) is 4.05. The van der Waals surface area contributed by atoms with E-state index in [1.54, 1.807) is 0 Å². The maximum Gasteiger partial charge on any atom is 0.508 e. The van der Waals surface area contributed by atoms with Crippen molar-refractivity contribution in [2.75, 3.05) is 13.2 Å². The van der Waals surface area contributed by atoms with Gasteiger partial charge in [-0.05, 0) is 63.2 Å². The van der Waals surface area contributed by atoms with Gasteiger partial charge in [0.05, 0.1) is 13.2 Å². The van der Waals surface area contributed by atoms with Gasteiger partial charge in [-0.2, -0.15) is 0 Å². The summed E-state index contributed by atoms with van der Waals surface area (Å²) >= 11 is 0. The third-order valence-electron chi connectivity index (χ3n) is 5.88. The molecular formula is C25H46O6. The molecule has 1 saturated carbocycles. The predicted octanol–water partition coefficient (Wildman–Crippen LogP) is 7.43. The van der Waals surface area contributed by atoms with Crippen LogP contribution in [0, 0.1) is 11.8 Å². The van der Waals surface area contributed by atoms with Gasteiger partial charge in [0.2, 0.25) is 0 Å². The number of carbonyl (C=O) groups is 2. The Morgan fingerprint density at radius 1 is 0.774 bits per heavy atom. The quantitative estimate of drug-likeness (QED) is 0.194. The van der Waals surface area contributed by atoms with Gasteiger partial charge in [0, 0.05) is 0 Å². The zero-order valence-electron chi connectivity index (χ0n) is 20.4. The Balaban J connectivity index is 2.36. The number of hydrogen-bond acceptors (Lipinski definition) is 6. The summed E-state index contributed by atoms with van der Waals surface area (Å²) in [6.45, 7) is 9.46. The molecule has 1 aliphatic rings. The molecule has 6 heteroatoms. The molecule has 1 rings (SSSR count). The fraction of sp³-hybridized carbons (Fsp3) is 0.920. The Labute approximate surface area is 189 Å². The monoisotopic (exact) mass is 442 g/mol. The van der Waals surface area contributed by atoms with Crippen LogP contribution in [0.1, 0.15) is 111 Å². The van der Waals surface area contributed by atoms with Crippen molar-refractivity contribution in [1.82, 2.24) is 0 Å². The predicted molar refractivity (Wildman–Crippen MR) is 122 cm³/mol. The molecule has 0 aromatic carbocycles. The second-order valence-corrected chi connectivity index (χ2v) is 9.30. The fourth-order valence-electron chi connectivity index (χ4n) is 4.05. The Kier molecular flexibility index (Phi) is 15.2. The van der Waals surface area contributed by atoms with Crippen molar-refractivity contribution >= 4 is 12.3 Å². The number of ether oxygens (including phenoxy) is 4. The molecule has 182 valence electrons. The van der Waals surface area contributed by atoms with Gasteiger partial charge in [-0.1, -0.05) is 59.8 Å². The Bertz CT molecular complexity index is 479. The van der Waals surface area contributed by atoms with Gasteiger partial charge in [-0.15, -0.1) is 0 Å². The molecule has 0 amide bonds. The first-order chi connectivity index (χ1) is 15.0. The molecule has 6 nitrogen and oxygen atoms in total.